The average molecular weight is 409 g/mol. The second-order valence-electron chi connectivity index (χ2n) is 5.72. The molecule has 1 heterocycles. The molecule has 146 valence electrons. The smallest absolute Gasteiger partial charge is 0.416 e. The van der Waals surface area contributed by atoms with Crippen molar-refractivity contribution in [2.45, 2.75) is 23.5 Å². The number of amides is 1. The zero-order valence-corrected chi connectivity index (χ0v) is 15.2. The van der Waals surface area contributed by atoms with Crippen LogP contribution in [0.25, 0.3) is 5.69 Å². The van der Waals surface area contributed by atoms with Crippen LogP contribution in [0.3, 0.4) is 0 Å². The number of carbonyl (C=O) groups excluding carboxylic acids is 1. The summed E-state index contributed by atoms with van der Waals surface area (Å²) in [6.07, 6.45) is -4.49. The van der Waals surface area contributed by atoms with Gasteiger partial charge in [-0.05, 0) is 59.8 Å². The van der Waals surface area contributed by atoms with E-state index in [1.807, 2.05) is 0 Å². The number of thioether (sulfide) groups is 1. The molecular weight excluding hydrogens is 395 g/mol. The molecule has 0 saturated heterocycles. The Bertz CT molecular complexity index is 975. The van der Waals surface area contributed by atoms with E-state index in [2.05, 4.69) is 20.8 Å². The third kappa shape index (κ3) is 4.60. The van der Waals surface area contributed by atoms with E-state index in [1.54, 1.807) is 19.1 Å². The molecule has 1 aromatic heterocycles. The van der Waals surface area contributed by atoms with Gasteiger partial charge in [0.25, 0.3) is 0 Å². The molecule has 7 nitrogen and oxygen atoms in total. The first-order chi connectivity index (χ1) is 13.2. The lowest BCUT2D eigenvalue weighted by Gasteiger charge is -2.13. The third-order valence-corrected chi connectivity index (χ3v) is 4.68. The Morgan fingerprint density at radius 2 is 1.93 bits per heavy atom. The van der Waals surface area contributed by atoms with Crippen LogP contribution in [0, 0.1) is 0 Å². The van der Waals surface area contributed by atoms with Crippen LogP contribution < -0.4 is 5.32 Å². The number of halogens is 3. The zero-order valence-electron chi connectivity index (χ0n) is 14.4. The van der Waals surface area contributed by atoms with Gasteiger partial charge in [0.1, 0.15) is 5.75 Å². The average Bonchev–Trinajstić information content (AvgIpc) is 3.10. The molecule has 3 rings (SSSR count). The van der Waals surface area contributed by atoms with Gasteiger partial charge in [-0.2, -0.15) is 17.9 Å². The molecule has 0 spiro atoms. The molecule has 0 bridgehead atoms. The van der Waals surface area contributed by atoms with Gasteiger partial charge >= 0.3 is 6.18 Å². The van der Waals surface area contributed by atoms with Crippen molar-refractivity contribution in [1.29, 1.82) is 0 Å². The van der Waals surface area contributed by atoms with Crippen molar-refractivity contribution in [2.24, 2.45) is 0 Å². The third-order valence-electron chi connectivity index (χ3n) is 3.64. The molecule has 0 saturated carbocycles. The Balaban J connectivity index is 1.71. The van der Waals surface area contributed by atoms with Crippen molar-refractivity contribution >= 4 is 23.4 Å². The number of carbonyl (C=O) groups is 1. The molecular formula is C17H14F3N5O2S. The Morgan fingerprint density at radius 3 is 2.61 bits per heavy atom. The minimum Gasteiger partial charge on any atom is -0.508 e. The van der Waals surface area contributed by atoms with Gasteiger partial charge in [0.15, 0.2) is 0 Å². The normalized spacial score (nSPS) is 12.6. The number of phenols is 1. The van der Waals surface area contributed by atoms with E-state index in [9.17, 15) is 23.1 Å². The standard InChI is InChI=1S/C17H14F3N5O2S/c1-10(15(27)21-12-4-2-3-11(9-12)17(18,19)20)28-16-22-23-24-25(16)13-5-7-14(26)8-6-13/h2-10,26H,1H3,(H,21,27)/t10-/m0/s1. The van der Waals surface area contributed by atoms with Gasteiger partial charge in [0, 0.05) is 5.69 Å². The maximum absolute atomic E-state index is 12.8. The van der Waals surface area contributed by atoms with Crippen LogP contribution in [0.4, 0.5) is 18.9 Å². The maximum Gasteiger partial charge on any atom is 0.416 e. The quantitative estimate of drug-likeness (QED) is 0.627. The van der Waals surface area contributed by atoms with Crippen LogP contribution in [0.5, 0.6) is 5.75 Å². The van der Waals surface area contributed by atoms with Gasteiger partial charge in [0.05, 0.1) is 16.5 Å². The molecule has 0 fully saturated rings. The van der Waals surface area contributed by atoms with Crippen molar-refractivity contribution in [3.63, 3.8) is 0 Å². The summed E-state index contributed by atoms with van der Waals surface area (Å²) in [7, 11) is 0. The molecule has 0 aliphatic heterocycles. The molecule has 1 atom stereocenters. The highest BCUT2D eigenvalue weighted by Crippen LogP contribution is 2.31. The summed E-state index contributed by atoms with van der Waals surface area (Å²) in [5.74, 6) is -0.413. The topological polar surface area (TPSA) is 92.9 Å². The van der Waals surface area contributed by atoms with Crippen molar-refractivity contribution in [3.05, 3.63) is 54.1 Å². The van der Waals surface area contributed by atoms with Crippen molar-refractivity contribution in [1.82, 2.24) is 20.2 Å². The van der Waals surface area contributed by atoms with Crippen LogP contribution in [-0.2, 0) is 11.0 Å². The Morgan fingerprint density at radius 1 is 1.21 bits per heavy atom. The van der Waals surface area contributed by atoms with Gasteiger partial charge < -0.3 is 10.4 Å². The number of aromatic nitrogens is 4. The zero-order chi connectivity index (χ0) is 20.3. The highest BCUT2D eigenvalue weighted by Gasteiger charge is 2.30. The fourth-order valence-electron chi connectivity index (χ4n) is 2.24. The summed E-state index contributed by atoms with van der Waals surface area (Å²) in [5, 5.41) is 22.7. The lowest BCUT2D eigenvalue weighted by Crippen LogP contribution is -2.23. The summed E-state index contributed by atoms with van der Waals surface area (Å²) >= 11 is 1.04. The van der Waals surface area contributed by atoms with Crippen LogP contribution in [-0.4, -0.2) is 36.5 Å². The van der Waals surface area contributed by atoms with Gasteiger partial charge in [-0.15, -0.1) is 5.10 Å². The van der Waals surface area contributed by atoms with E-state index < -0.39 is 22.9 Å². The molecule has 0 radical (unpaired) electrons. The van der Waals surface area contributed by atoms with E-state index in [0.717, 1.165) is 23.9 Å². The number of alkyl halides is 3. The minimum absolute atomic E-state index is 0.0467. The van der Waals surface area contributed by atoms with Crippen molar-refractivity contribution in [2.75, 3.05) is 5.32 Å². The molecule has 1 amide bonds. The molecule has 3 aromatic rings. The van der Waals surface area contributed by atoms with Gasteiger partial charge in [-0.1, -0.05) is 17.8 Å². The summed E-state index contributed by atoms with van der Waals surface area (Å²) in [6, 6.07) is 10.5. The molecule has 2 N–H and O–H groups in total. The van der Waals surface area contributed by atoms with Crippen LogP contribution in [0.15, 0.2) is 53.7 Å². The number of anilines is 1. The van der Waals surface area contributed by atoms with E-state index >= 15 is 0 Å². The number of aromatic hydroxyl groups is 1. The molecule has 0 unspecified atom stereocenters. The Labute approximate surface area is 161 Å². The van der Waals surface area contributed by atoms with E-state index in [-0.39, 0.29) is 11.4 Å². The summed E-state index contributed by atoms with van der Waals surface area (Å²) in [4.78, 5) is 12.4. The number of rotatable bonds is 5. The van der Waals surface area contributed by atoms with E-state index in [1.165, 1.54) is 28.9 Å². The van der Waals surface area contributed by atoms with Crippen LogP contribution >= 0.6 is 11.8 Å². The summed E-state index contributed by atoms with van der Waals surface area (Å²) in [6.45, 7) is 1.59. The number of tetrazole rings is 1. The number of hydrogen-bond acceptors (Lipinski definition) is 6. The molecule has 0 aliphatic carbocycles. The predicted octanol–water partition coefficient (Wildman–Crippen LogP) is 3.51. The number of nitrogens with zero attached hydrogens (tertiary/aromatic N) is 4. The first kappa shape index (κ1) is 19.7. The van der Waals surface area contributed by atoms with Gasteiger partial charge in [0.2, 0.25) is 11.1 Å². The summed E-state index contributed by atoms with van der Waals surface area (Å²) < 4.78 is 39.8. The Kier molecular flexibility index (Phi) is 5.54. The van der Waals surface area contributed by atoms with Gasteiger partial charge in [-0.3, -0.25) is 4.79 Å². The fourth-order valence-corrected chi connectivity index (χ4v) is 3.04. The van der Waals surface area contributed by atoms with Crippen molar-refractivity contribution < 1.29 is 23.1 Å². The second kappa shape index (κ2) is 7.89. The van der Waals surface area contributed by atoms with Crippen molar-refractivity contribution in [3.8, 4) is 11.4 Å². The number of benzene rings is 2. The first-order valence-electron chi connectivity index (χ1n) is 7.96. The first-order valence-corrected chi connectivity index (χ1v) is 8.84. The second-order valence-corrected chi connectivity index (χ2v) is 7.03. The van der Waals surface area contributed by atoms with Crippen LogP contribution in [0.2, 0.25) is 0 Å². The monoisotopic (exact) mass is 409 g/mol. The lowest BCUT2D eigenvalue weighted by molar-refractivity contribution is -0.137. The van der Waals surface area contributed by atoms with Gasteiger partial charge in [-0.25, -0.2) is 0 Å². The minimum atomic E-state index is -4.49. The molecule has 2 aromatic carbocycles. The molecule has 11 heteroatoms. The maximum atomic E-state index is 12.8. The number of phenolic OH excluding ortho intramolecular Hbond substituents is 1. The number of hydrogen-bond donors (Lipinski definition) is 2. The predicted molar refractivity (Wildman–Crippen MR) is 96.2 cm³/mol. The molecule has 0 aliphatic rings. The highest BCUT2D eigenvalue weighted by molar-refractivity contribution is 8.00. The Hall–Kier alpha value is -3.08. The lowest BCUT2D eigenvalue weighted by atomic mass is 10.2. The fraction of sp³-hybridized carbons (Fsp3) is 0.176. The largest absolute Gasteiger partial charge is 0.508 e. The summed E-state index contributed by atoms with van der Waals surface area (Å²) in [5.41, 5.74) is -0.219. The molecule has 28 heavy (non-hydrogen) atoms. The van der Waals surface area contributed by atoms with E-state index in [0.29, 0.717) is 10.8 Å². The SMILES string of the molecule is C[C@H](Sc1nnnn1-c1ccc(O)cc1)C(=O)Nc1cccc(C(F)(F)F)c1. The number of nitrogens with one attached hydrogen (secondary N) is 1. The highest BCUT2D eigenvalue weighted by atomic mass is 32.2. The van der Waals surface area contributed by atoms with Crippen LogP contribution in [0.1, 0.15) is 12.5 Å². The van der Waals surface area contributed by atoms with E-state index in [4.69, 9.17) is 0 Å².